The molecule has 0 unspecified atom stereocenters. The molecular formula is C11H11NO3. The van der Waals surface area contributed by atoms with Gasteiger partial charge in [-0.25, -0.2) is 4.79 Å². The Morgan fingerprint density at radius 1 is 1.27 bits per heavy atom. The maximum atomic E-state index is 9.90. The maximum absolute atomic E-state index is 9.90. The highest BCUT2D eigenvalue weighted by atomic mass is 16.5. The number of aliphatic imine (C=N–C) groups is 1. The number of hydrogen-bond donors (Lipinski definition) is 0. The summed E-state index contributed by atoms with van der Waals surface area (Å²) in [5.41, 5.74) is 0.738. The predicted molar refractivity (Wildman–Crippen MR) is 56.7 cm³/mol. The highest BCUT2D eigenvalue weighted by Gasteiger charge is 2.05. The van der Waals surface area contributed by atoms with Crippen molar-refractivity contribution in [1.82, 2.24) is 0 Å². The van der Waals surface area contributed by atoms with Gasteiger partial charge in [-0.15, -0.1) is 0 Å². The first-order valence-electron chi connectivity index (χ1n) is 4.28. The van der Waals surface area contributed by atoms with Gasteiger partial charge in [0.1, 0.15) is 11.5 Å². The van der Waals surface area contributed by atoms with Crippen molar-refractivity contribution in [3.63, 3.8) is 0 Å². The van der Waals surface area contributed by atoms with Crippen LogP contribution in [0.4, 0.5) is 0 Å². The Morgan fingerprint density at radius 2 is 1.87 bits per heavy atom. The molecule has 15 heavy (non-hydrogen) atoms. The van der Waals surface area contributed by atoms with Gasteiger partial charge in [0, 0.05) is 6.20 Å². The fourth-order valence-corrected chi connectivity index (χ4v) is 1.19. The van der Waals surface area contributed by atoms with Gasteiger partial charge in [0.15, 0.2) is 0 Å². The zero-order valence-electron chi connectivity index (χ0n) is 8.56. The lowest BCUT2D eigenvalue weighted by atomic mass is 10.1. The van der Waals surface area contributed by atoms with Gasteiger partial charge in [0.05, 0.1) is 19.8 Å². The van der Waals surface area contributed by atoms with Crippen molar-refractivity contribution in [2.45, 2.75) is 0 Å². The first-order chi connectivity index (χ1) is 7.33. The third-order valence-electron chi connectivity index (χ3n) is 1.83. The van der Waals surface area contributed by atoms with Crippen molar-refractivity contribution in [1.29, 1.82) is 0 Å². The van der Waals surface area contributed by atoms with Crippen molar-refractivity contribution < 1.29 is 14.3 Å². The summed E-state index contributed by atoms with van der Waals surface area (Å²) >= 11 is 0. The number of carbonyl (C=O) groups excluding carboxylic acids is 1. The molecule has 0 saturated carbocycles. The second-order valence-electron chi connectivity index (χ2n) is 2.61. The van der Waals surface area contributed by atoms with Crippen LogP contribution in [0.25, 0.3) is 6.08 Å². The lowest BCUT2D eigenvalue weighted by Crippen LogP contribution is -1.91. The second-order valence-corrected chi connectivity index (χ2v) is 2.61. The molecule has 1 rings (SSSR count). The molecule has 0 amide bonds. The highest BCUT2D eigenvalue weighted by Crippen LogP contribution is 2.29. The number of ether oxygens (including phenoxy) is 2. The van der Waals surface area contributed by atoms with Gasteiger partial charge in [-0.1, -0.05) is 6.07 Å². The van der Waals surface area contributed by atoms with E-state index in [4.69, 9.17) is 9.47 Å². The van der Waals surface area contributed by atoms with Crippen molar-refractivity contribution in [3.8, 4) is 11.5 Å². The number of isocyanates is 1. The van der Waals surface area contributed by atoms with Crippen LogP contribution in [0.15, 0.2) is 29.4 Å². The number of hydrogen-bond acceptors (Lipinski definition) is 4. The number of methoxy groups -OCH3 is 2. The van der Waals surface area contributed by atoms with Crippen LogP contribution >= 0.6 is 0 Å². The molecule has 0 aliphatic rings. The quantitative estimate of drug-likeness (QED) is 0.558. The third-order valence-corrected chi connectivity index (χ3v) is 1.83. The molecule has 0 aliphatic carbocycles. The topological polar surface area (TPSA) is 47.9 Å². The fraction of sp³-hybridized carbons (Fsp3) is 0.182. The van der Waals surface area contributed by atoms with E-state index in [0.717, 1.165) is 5.56 Å². The van der Waals surface area contributed by atoms with E-state index in [-0.39, 0.29) is 0 Å². The van der Waals surface area contributed by atoms with E-state index in [1.54, 1.807) is 32.4 Å². The van der Waals surface area contributed by atoms with Crippen LogP contribution in [0.1, 0.15) is 5.56 Å². The molecule has 0 aromatic heterocycles. The lowest BCUT2D eigenvalue weighted by molar-refractivity contribution is 0.392. The van der Waals surface area contributed by atoms with Gasteiger partial charge in [0.25, 0.3) is 0 Å². The van der Waals surface area contributed by atoms with E-state index in [9.17, 15) is 4.79 Å². The number of benzene rings is 1. The standard InChI is InChI=1S/C11H11NO3/c1-14-10-4-3-5-11(15-2)9(10)6-7-12-8-13/h3-7H,1-2H3/b7-6+. The lowest BCUT2D eigenvalue weighted by Gasteiger charge is -2.08. The minimum Gasteiger partial charge on any atom is -0.496 e. The first-order valence-corrected chi connectivity index (χ1v) is 4.28. The number of rotatable bonds is 4. The second kappa shape index (κ2) is 5.62. The fourth-order valence-electron chi connectivity index (χ4n) is 1.19. The Hall–Kier alpha value is -2.06. The molecule has 0 heterocycles. The molecule has 0 radical (unpaired) electrons. The Labute approximate surface area is 87.9 Å². The van der Waals surface area contributed by atoms with E-state index >= 15 is 0 Å². The molecule has 0 saturated heterocycles. The maximum Gasteiger partial charge on any atom is 0.239 e. The molecular weight excluding hydrogens is 194 g/mol. The smallest absolute Gasteiger partial charge is 0.239 e. The molecule has 0 N–H and O–H groups in total. The van der Waals surface area contributed by atoms with Crippen molar-refractivity contribution in [3.05, 3.63) is 30.0 Å². The Kier molecular flexibility index (Phi) is 4.13. The van der Waals surface area contributed by atoms with E-state index in [1.807, 2.05) is 6.07 Å². The van der Waals surface area contributed by atoms with E-state index in [1.165, 1.54) is 12.3 Å². The summed E-state index contributed by atoms with van der Waals surface area (Å²) in [6.45, 7) is 0. The van der Waals surface area contributed by atoms with E-state index in [0.29, 0.717) is 11.5 Å². The summed E-state index contributed by atoms with van der Waals surface area (Å²) in [7, 11) is 3.13. The summed E-state index contributed by atoms with van der Waals surface area (Å²) in [5, 5.41) is 0. The molecule has 78 valence electrons. The summed E-state index contributed by atoms with van der Waals surface area (Å²) in [6.07, 6.45) is 4.39. The molecule has 1 aromatic carbocycles. The summed E-state index contributed by atoms with van der Waals surface area (Å²) in [6, 6.07) is 5.41. The predicted octanol–water partition coefficient (Wildman–Crippen LogP) is 2.01. The van der Waals surface area contributed by atoms with Gasteiger partial charge in [-0.05, 0) is 18.2 Å². The van der Waals surface area contributed by atoms with Crippen LogP contribution in [0.5, 0.6) is 11.5 Å². The zero-order valence-corrected chi connectivity index (χ0v) is 8.56. The van der Waals surface area contributed by atoms with Crippen LogP contribution in [-0.4, -0.2) is 20.3 Å². The molecule has 4 nitrogen and oxygen atoms in total. The SMILES string of the molecule is COc1cccc(OC)c1/C=C/N=C=O. The van der Waals surface area contributed by atoms with Gasteiger partial charge >= 0.3 is 0 Å². The molecule has 0 atom stereocenters. The van der Waals surface area contributed by atoms with Crippen molar-refractivity contribution in [2.75, 3.05) is 14.2 Å². The van der Waals surface area contributed by atoms with Crippen molar-refractivity contribution in [2.24, 2.45) is 4.99 Å². The van der Waals surface area contributed by atoms with Gasteiger partial charge in [0.2, 0.25) is 6.08 Å². The normalized spacial score (nSPS) is 9.73. The van der Waals surface area contributed by atoms with Crippen LogP contribution in [-0.2, 0) is 4.79 Å². The molecule has 0 fully saturated rings. The van der Waals surface area contributed by atoms with Crippen LogP contribution in [0.3, 0.4) is 0 Å². The van der Waals surface area contributed by atoms with Gasteiger partial charge < -0.3 is 9.47 Å². The van der Waals surface area contributed by atoms with Crippen LogP contribution < -0.4 is 9.47 Å². The average Bonchev–Trinajstić information content (AvgIpc) is 2.29. The first kappa shape index (κ1) is 11.0. The highest BCUT2D eigenvalue weighted by molar-refractivity contribution is 5.64. The largest absolute Gasteiger partial charge is 0.496 e. The Balaban J connectivity index is 3.15. The summed E-state index contributed by atoms with van der Waals surface area (Å²) in [4.78, 5) is 13.2. The molecule has 0 aliphatic heterocycles. The van der Waals surface area contributed by atoms with Crippen molar-refractivity contribution >= 4 is 12.2 Å². The van der Waals surface area contributed by atoms with E-state index in [2.05, 4.69) is 4.99 Å². The monoisotopic (exact) mass is 205 g/mol. The zero-order chi connectivity index (χ0) is 11.1. The minimum atomic E-state index is 0.659. The van der Waals surface area contributed by atoms with Gasteiger partial charge in [-0.2, -0.15) is 4.99 Å². The van der Waals surface area contributed by atoms with Crippen LogP contribution in [0, 0.1) is 0 Å². The summed E-state index contributed by atoms with van der Waals surface area (Å²) < 4.78 is 10.3. The average molecular weight is 205 g/mol. The molecule has 1 aromatic rings. The molecule has 0 spiro atoms. The minimum absolute atomic E-state index is 0.659. The molecule has 0 bridgehead atoms. The Bertz CT molecular complexity index is 384. The van der Waals surface area contributed by atoms with Crippen LogP contribution in [0.2, 0.25) is 0 Å². The Morgan fingerprint density at radius 3 is 2.33 bits per heavy atom. The number of nitrogens with zero attached hydrogens (tertiary/aromatic N) is 1. The third kappa shape index (κ3) is 2.69. The molecule has 4 heteroatoms. The van der Waals surface area contributed by atoms with E-state index < -0.39 is 0 Å². The summed E-state index contributed by atoms with van der Waals surface area (Å²) in [5.74, 6) is 1.32. The van der Waals surface area contributed by atoms with Gasteiger partial charge in [-0.3, -0.25) is 0 Å².